The lowest BCUT2D eigenvalue weighted by molar-refractivity contribution is 0.161. The maximum absolute atomic E-state index is 12.0. The molecule has 158 valence electrons. The highest BCUT2D eigenvalue weighted by Crippen LogP contribution is 2.32. The first-order valence-electron chi connectivity index (χ1n) is 9.84. The van der Waals surface area contributed by atoms with Crippen LogP contribution in [0.1, 0.15) is 18.4 Å². The molecule has 9 heteroatoms. The van der Waals surface area contributed by atoms with Crippen molar-refractivity contribution < 1.29 is 8.95 Å². The molecule has 2 aromatic heterocycles. The summed E-state index contributed by atoms with van der Waals surface area (Å²) in [7, 11) is -2.38. The molecule has 0 radical (unpaired) electrons. The van der Waals surface area contributed by atoms with Crippen molar-refractivity contribution in [2.45, 2.75) is 25.9 Å². The van der Waals surface area contributed by atoms with E-state index in [0.29, 0.717) is 17.4 Å². The zero-order chi connectivity index (χ0) is 21.1. The van der Waals surface area contributed by atoms with Crippen molar-refractivity contribution in [3.63, 3.8) is 0 Å². The van der Waals surface area contributed by atoms with Gasteiger partial charge in [-0.25, -0.2) is 19.2 Å². The second-order valence-corrected chi connectivity index (χ2v) is 9.80. The molecule has 0 spiro atoms. The lowest BCUT2D eigenvalue weighted by Gasteiger charge is -2.24. The van der Waals surface area contributed by atoms with Crippen LogP contribution >= 0.6 is 0 Å². The lowest BCUT2D eigenvalue weighted by Crippen LogP contribution is -2.37. The Morgan fingerprint density at radius 2 is 2.17 bits per heavy atom. The molecule has 4 rings (SSSR count). The summed E-state index contributed by atoms with van der Waals surface area (Å²) in [6.07, 6.45) is 6.97. The van der Waals surface area contributed by atoms with Gasteiger partial charge in [-0.05, 0) is 62.0 Å². The van der Waals surface area contributed by atoms with E-state index in [1.807, 2.05) is 31.2 Å². The Bertz CT molecular complexity index is 1160. The molecule has 0 amide bonds. The number of hydrogen-bond donors (Lipinski definition) is 3. The van der Waals surface area contributed by atoms with Crippen LogP contribution in [-0.2, 0) is 9.71 Å². The maximum atomic E-state index is 12.0. The molecule has 1 aliphatic heterocycles. The second-order valence-electron chi connectivity index (χ2n) is 7.58. The van der Waals surface area contributed by atoms with Crippen LogP contribution in [0.3, 0.4) is 0 Å². The molecule has 8 nitrogen and oxygen atoms in total. The Morgan fingerprint density at radius 1 is 1.30 bits per heavy atom. The summed E-state index contributed by atoms with van der Waals surface area (Å²) in [6.45, 7) is 3.81. The fourth-order valence-corrected chi connectivity index (χ4v) is 4.20. The molecule has 3 heterocycles. The van der Waals surface area contributed by atoms with E-state index in [9.17, 15) is 4.21 Å². The molecular formula is C21H26N6O2S. The minimum absolute atomic E-state index is 0.0956. The third-order valence-electron chi connectivity index (χ3n) is 4.82. The van der Waals surface area contributed by atoms with Crippen molar-refractivity contribution in [1.29, 1.82) is 0 Å². The summed E-state index contributed by atoms with van der Waals surface area (Å²) in [6, 6.07) is 7.54. The highest BCUT2D eigenvalue weighted by Gasteiger charge is 2.18. The van der Waals surface area contributed by atoms with Gasteiger partial charge in [-0.2, -0.15) is 0 Å². The van der Waals surface area contributed by atoms with Crippen molar-refractivity contribution in [3.8, 4) is 5.88 Å². The molecule has 2 unspecified atom stereocenters. The van der Waals surface area contributed by atoms with Crippen LogP contribution in [-0.4, -0.2) is 50.5 Å². The maximum Gasteiger partial charge on any atom is 0.238 e. The highest BCUT2D eigenvalue weighted by atomic mass is 32.2. The predicted molar refractivity (Wildman–Crippen MR) is 123 cm³/mol. The quantitative estimate of drug-likeness (QED) is 0.521. The number of ether oxygens (including phenoxy) is 1. The number of nitrogens with zero attached hydrogens (tertiary/aromatic N) is 3. The summed E-state index contributed by atoms with van der Waals surface area (Å²) in [5.74, 6) is 4.87. The van der Waals surface area contributed by atoms with Gasteiger partial charge in [-0.15, -0.1) is 0 Å². The fourth-order valence-electron chi connectivity index (χ4n) is 3.58. The van der Waals surface area contributed by atoms with Crippen LogP contribution in [0.15, 0.2) is 36.8 Å². The van der Waals surface area contributed by atoms with E-state index in [-0.39, 0.29) is 6.10 Å². The van der Waals surface area contributed by atoms with E-state index < -0.39 is 9.71 Å². The average molecular weight is 427 g/mol. The van der Waals surface area contributed by atoms with E-state index in [1.54, 1.807) is 12.5 Å². The zero-order valence-corrected chi connectivity index (χ0v) is 18.0. The van der Waals surface area contributed by atoms with Gasteiger partial charge in [0.15, 0.2) is 0 Å². The number of aromatic nitrogens is 3. The summed E-state index contributed by atoms with van der Waals surface area (Å²) >= 11 is 0. The van der Waals surface area contributed by atoms with Crippen LogP contribution < -0.4 is 20.1 Å². The number of rotatable bonds is 6. The number of benzene rings is 1. The SMILES string of the molecule is C=S(C)(=O)Nc1cc(C)c2c(Nc3cccnc3OC3CCCNC3)ncnc2c1. The number of fused-ring (bicyclic) bond motifs is 1. The third-order valence-corrected chi connectivity index (χ3v) is 5.49. The predicted octanol–water partition coefficient (Wildman–Crippen LogP) is 2.88. The van der Waals surface area contributed by atoms with Crippen LogP contribution in [0.2, 0.25) is 0 Å². The van der Waals surface area contributed by atoms with E-state index >= 15 is 0 Å². The van der Waals surface area contributed by atoms with Gasteiger partial charge in [0.1, 0.15) is 23.9 Å². The van der Waals surface area contributed by atoms with Crippen LogP contribution in [0, 0.1) is 6.92 Å². The Hall–Kier alpha value is -2.91. The smallest absolute Gasteiger partial charge is 0.238 e. The summed E-state index contributed by atoms with van der Waals surface area (Å²) in [4.78, 5) is 13.3. The fraction of sp³-hybridized carbons (Fsp3) is 0.333. The van der Waals surface area contributed by atoms with Gasteiger partial charge < -0.3 is 20.1 Å². The minimum Gasteiger partial charge on any atom is -0.472 e. The summed E-state index contributed by atoms with van der Waals surface area (Å²) < 4.78 is 21.1. The average Bonchev–Trinajstić information content (AvgIpc) is 2.69. The number of anilines is 3. The normalized spacial score (nSPS) is 18.5. The van der Waals surface area contributed by atoms with Gasteiger partial charge in [0.05, 0.1) is 5.52 Å². The van der Waals surface area contributed by atoms with E-state index in [4.69, 9.17) is 4.74 Å². The number of pyridine rings is 1. The molecule has 1 aromatic carbocycles. The van der Waals surface area contributed by atoms with Gasteiger partial charge in [-0.3, -0.25) is 0 Å². The molecular weight excluding hydrogens is 400 g/mol. The molecule has 1 fully saturated rings. The van der Waals surface area contributed by atoms with Crippen molar-refractivity contribution in [3.05, 3.63) is 42.4 Å². The van der Waals surface area contributed by atoms with Gasteiger partial charge in [-0.1, -0.05) is 0 Å². The molecule has 0 aliphatic carbocycles. The molecule has 1 aliphatic rings. The van der Waals surface area contributed by atoms with E-state index in [1.165, 1.54) is 6.33 Å². The molecule has 0 bridgehead atoms. The lowest BCUT2D eigenvalue weighted by atomic mass is 10.1. The van der Waals surface area contributed by atoms with Crippen LogP contribution in [0.5, 0.6) is 5.88 Å². The molecule has 1 saturated heterocycles. The molecule has 30 heavy (non-hydrogen) atoms. The summed E-state index contributed by atoms with van der Waals surface area (Å²) in [5, 5.41) is 7.60. The summed E-state index contributed by atoms with van der Waals surface area (Å²) in [5.41, 5.74) is 3.15. The van der Waals surface area contributed by atoms with Gasteiger partial charge in [0, 0.05) is 39.8 Å². The zero-order valence-electron chi connectivity index (χ0n) is 17.1. The van der Waals surface area contributed by atoms with Crippen LogP contribution in [0.25, 0.3) is 10.9 Å². The largest absolute Gasteiger partial charge is 0.472 e. The van der Waals surface area contributed by atoms with Crippen molar-refractivity contribution in [1.82, 2.24) is 20.3 Å². The third kappa shape index (κ3) is 4.80. The number of piperidine rings is 1. The van der Waals surface area contributed by atoms with E-state index in [0.717, 1.165) is 48.1 Å². The number of hydrogen-bond acceptors (Lipinski definition) is 7. The Balaban J connectivity index is 1.66. The molecule has 0 saturated carbocycles. The van der Waals surface area contributed by atoms with Gasteiger partial charge >= 0.3 is 0 Å². The first-order chi connectivity index (χ1) is 14.4. The number of aryl methyl sites for hydroxylation is 1. The Morgan fingerprint density at radius 3 is 2.93 bits per heavy atom. The molecule has 2 atom stereocenters. The monoisotopic (exact) mass is 426 g/mol. The molecule has 3 N–H and O–H groups in total. The van der Waals surface area contributed by atoms with Crippen molar-refractivity contribution in [2.75, 3.05) is 29.4 Å². The number of nitrogens with one attached hydrogen (secondary N) is 3. The standard InChI is InChI=1S/C21H26N6O2S/c1-14-10-15(27-30(2,3)28)11-18-19(14)20(25-13-24-18)26-17-7-5-9-23-21(17)29-16-6-4-8-22-12-16/h5,7,9-11,13,16,22H,2,4,6,8,12H2,1,3H3,(H,27,28)(H,24,25,26). The van der Waals surface area contributed by atoms with Gasteiger partial charge in [0.2, 0.25) is 5.88 Å². The Kier molecular flexibility index (Phi) is 5.74. The first kappa shape index (κ1) is 20.4. The minimum atomic E-state index is -2.38. The Labute approximate surface area is 176 Å². The first-order valence-corrected chi connectivity index (χ1v) is 12.0. The highest BCUT2D eigenvalue weighted by molar-refractivity contribution is 8.00. The van der Waals surface area contributed by atoms with Gasteiger partial charge in [0.25, 0.3) is 0 Å². The van der Waals surface area contributed by atoms with Crippen molar-refractivity contribution >= 4 is 43.7 Å². The second kappa shape index (κ2) is 8.45. The van der Waals surface area contributed by atoms with Crippen molar-refractivity contribution in [2.24, 2.45) is 0 Å². The van der Waals surface area contributed by atoms with Crippen LogP contribution in [0.4, 0.5) is 17.2 Å². The van der Waals surface area contributed by atoms with E-state index in [2.05, 4.69) is 36.2 Å². The molecule has 3 aromatic rings. The topological polar surface area (TPSA) is 101 Å².